The second-order valence-electron chi connectivity index (χ2n) is 3.92. The van der Waals surface area contributed by atoms with Crippen molar-refractivity contribution in [1.82, 2.24) is 10.3 Å². The number of carbonyl (C=O) groups excluding carboxylic acids is 1. The Morgan fingerprint density at radius 3 is 2.65 bits per heavy atom. The van der Waals surface area contributed by atoms with E-state index in [0.717, 1.165) is 19.4 Å². The number of pyridine rings is 1. The Morgan fingerprint density at radius 1 is 1.35 bits per heavy atom. The van der Waals surface area contributed by atoms with Gasteiger partial charge in [-0.25, -0.2) is 4.98 Å². The van der Waals surface area contributed by atoms with Gasteiger partial charge in [0.1, 0.15) is 5.82 Å². The molecule has 0 bridgehead atoms. The van der Waals surface area contributed by atoms with Crippen LogP contribution in [0.1, 0.15) is 44.0 Å². The lowest BCUT2D eigenvalue weighted by atomic mass is 10.1. The summed E-state index contributed by atoms with van der Waals surface area (Å²) in [6, 6.07) is 3.81. The molecule has 0 radical (unpaired) electrons. The highest BCUT2D eigenvalue weighted by atomic mass is 16.1. The molecule has 1 amide bonds. The smallest absolute Gasteiger partial charge is 0.255 e. The molecule has 0 fully saturated rings. The van der Waals surface area contributed by atoms with Crippen molar-refractivity contribution in [3.05, 3.63) is 23.9 Å². The summed E-state index contributed by atoms with van der Waals surface area (Å²) in [5, 5.41) is 6.11. The number of rotatable bonds is 6. The zero-order valence-corrected chi connectivity index (χ0v) is 10.8. The fourth-order valence-corrected chi connectivity index (χ4v) is 1.65. The van der Waals surface area contributed by atoms with Crippen molar-refractivity contribution in [2.45, 2.75) is 39.7 Å². The summed E-state index contributed by atoms with van der Waals surface area (Å²) in [6.45, 7) is 6.88. The molecule has 0 atom stereocenters. The highest BCUT2D eigenvalue weighted by Crippen LogP contribution is 2.11. The topological polar surface area (TPSA) is 54.0 Å². The van der Waals surface area contributed by atoms with Gasteiger partial charge in [-0.15, -0.1) is 0 Å². The van der Waals surface area contributed by atoms with E-state index in [-0.39, 0.29) is 11.9 Å². The molecule has 1 aromatic rings. The van der Waals surface area contributed by atoms with Gasteiger partial charge in [-0.1, -0.05) is 13.8 Å². The first kappa shape index (κ1) is 13.5. The van der Waals surface area contributed by atoms with Crippen LogP contribution in [0.25, 0.3) is 0 Å². The average Bonchev–Trinajstić information content (AvgIpc) is 2.36. The maximum absolute atomic E-state index is 12.1. The summed E-state index contributed by atoms with van der Waals surface area (Å²) in [7, 11) is 0. The summed E-state index contributed by atoms with van der Waals surface area (Å²) in [4.78, 5) is 16.3. The van der Waals surface area contributed by atoms with Gasteiger partial charge in [0.25, 0.3) is 5.91 Å². The van der Waals surface area contributed by atoms with Gasteiger partial charge >= 0.3 is 0 Å². The summed E-state index contributed by atoms with van der Waals surface area (Å²) < 4.78 is 0. The van der Waals surface area contributed by atoms with Crippen LogP contribution in [-0.4, -0.2) is 23.5 Å². The van der Waals surface area contributed by atoms with Crippen molar-refractivity contribution in [2.24, 2.45) is 0 Å². The van der Waals surface area contributed by atoms with E-state index in [9.17, 15) is 4.79 Å². The molecule has 0 aliphatic heterocycles. The largest absolute Gasteiger partial charge is 0.370 e. The number of amides is 1. The van der Waals surface area contributed by atoms with Gasteiger partial charge in [-0.3, -0.25) is 4.79 Å². The van der Waals surface area contributed by atoms with Crippen LogP contribution in [0, 0.1) is 0 Å². The Kier molecular flexibility index (Phi) is 5.46. The standard InChI is InChI=1S/C13H21N3O/c1-4-10(5-2)16-13(17)11-8-7-9-15-12(11)14-6-3/h7-10H,4-6H2,1-3H3,(H,14,15)(H,16,17). The molecule has 0 spiro atoms. The highest BCUT2D eigenvalue weighted by Gasteiger charge is 2.14. The molecule has 0 unspecified atom stereocenters. The molecule has 0 saturated carbocycles. The van der Waals surface area contributed by atoms with Crippen LogP contribution in [0.15, 0.2) is 18.3 Å². The molecule has 1 aromatic heterocycles. The van der Waals surface area contributed by atoms with Gasteiger partial charge in [0.05, 0.1) is 5.56 Å². The lowest BCUT2D eigenvalue weighted by molar-refractivity contribution is 0.0935. The first-order valence-electron chi connectivity index (χ1n) is 6.22. The van der Waals surface area contributed by atoms with Crippen LogP contribution in [0.2, 0.25) is 0 Å². The van der Waals surface area contributed by atoms with Crippen LogP contribution in [0.3, 0.4) is 0 Å². The predicted molar refractivity (Wildman–Crippen MR) is 70.2 cm³/mol. The lowest BCUT2D eigenvalue weighted by Crippen LogP contribution is -2.34. The molecule has 0 aliphatic rings. The zero-order chi connectivity index (χ0) is 12.7. The molecule has 0 aliphatic carbocycles. The van der Waals surface area contributed by atoms with Crippen molar-refractivity contribution in [3.63, 3.8) is 0 Å². The number of nitrogens with zero attached hydrogens (tertiary/aromatic N) is 1. The summed E-state index contributed by atoms with van der Waals surface area (Å²) in [6.07, 6.45) is 3.57. The van der Waals surface area contributed by atoms with Crippen molar-refractivity contribution < 1.29 is 4.79 Å². The third-order valence-corrected chi connectivity index (χ3v) is 2.72. The Hall–Kier alpha value is -1.58. The lowest BCUT2D eigenvalue weighted by Gasteiger charge is -2.16. The normalized spacial score (nSPS) is 10.4. The molecule has 0 aromatic carbocycles. The second kappa shape index (κ2) is 6.89. The predicted octanol–water partition coefficient (Wildman–Crippen LogP) is 2.43. The monoisotopic (exact) mass is 235 g/mol. The summed E-state index contributed by atoms with van der Waals surface area (Å²) in [5.74, 6) is 0.598. The van der Waals surface area contributed by atoms with E-state index in [1.807, 2.05) is 6.92 Å². The molecular formula is C13H21N3O. The van der Waals surface area contributed by atoms with E-state index in [0.29, 0.717) is 11.4 Å². The third kappa shape index (κ3) is 3.73. The average molecular weight is 235 g/mol. The van der Waals surface area contributed by atoms with Crippen LogP contribution < -0.4 is 10.6 Å². The van der Waals surface area contributed by atoms with E-state index in [1.54, 1.807) is 18.3 Å². The summed E-state index contributed by atoms with van der Waals surface area (Å²) in [5.41, 5.74) is 0.612. The van der Waals surface area contributed by atoms with Crippen molar-refractivity contribution in [1.29, 1.82) is 0 Å². The SMILES string of the molecule is CCNc1ncccc1C(=O)NC(CC)CC. The van der Waals surface area contributed by atoms with Gasteiger partial charge in [0.2, 0.25) is 0 Å². The molecule has 17 heavy (non-hydrogen) atoms. The minimum atomic E-state index is -0.0530. The Balaban J connectivity index is 2.80. The van der Waals surface area contributed by atoms with E-state index >= 15 is 0 Å². The van der Waals surface area contributed by atoms with E-state index in [4.69, 9.17) is 0 Å². The Labute approximate surface area is 103 Å². The zero-order valence-electron chi connectivity index (χ0n) is 10.8. The van der Waals surface area contributed by atoms with Crippen molar-refractivity contribution in [3.8, 4) is 0 Å². The quantitative estimate of drug-likeness (QED) is 0.796. The van der Waals surface area contributed by atoms with Crippen LogP contribution >= 0.6 is 0 Å². The number of hydrogen-bond donors (Lipinski definition) is 2. The van der Waals surface area contributed by atoms with Crippen molar-refractivity contribution >= 4 is 11.7 Å². The maximum atomic E-state index is 12.1. The highest BCUT2D eigenvalue weighted by molar-refractivity contribution is 5.98. The van der Waals surface area contributed by atoms with Gasteiger partial charge < -0.3 is 10.6 Å². The second-order valence-corrected chi connectivity index (χ2v) is 3.92. The molecule has 94 valence electrons. The fraction of sp³-hybridized carbons (Fsp3) is 0.538. The molecule has 1 rings (SSSR count). The number of nitrogens with one attached hydrogen (secondary N) is 2. The van der Waals surface area contributed by atoms with E-state index in [1.165, 1.54) is 0 Å². The molecular weight excluding hydrogens is 214 g/mol. The number of aromatic nitrogens is 1. The fourth-order valence-electron chi connectivity index (χ4n) is 1.65. The molecule has 4 heteroatoms. The molecule has 0 saturated heterocycles. The van der Waals surface area contributed by atoms with Crippen molar-refractivity contribution in [2.75, 3.05) is 11.9 Å². The minimum absolute atomic E-state index is 0.0530. The molecule has 1 heterocycles. The first-order chi connectivity index (χ1) is 8.22. The van der Waals surface area contributed by atoms with Crippen LogP contribution in [0.5, 0.6) is 0 Å². The maximum Gasteiger partial charge on any atom is 0.255 e. The molecule has 2 N–H and O–H groups in total. The van der Waals surface area contributed by atoms with Crippen LogP contribution in [0.4, 0.5) is 5.82 Å². The summed E-state index contributed by atoms with van der Waals surface area (Å²) >= 11 is 0. The minimum Gasteiger partial charge on any atom is -0.370 e. The van der Waals surface area contributed by atoms with Gasteiger partial charge in [0, 0.05) is 18.8 Å². The van der Waals surface area contributed by atoms with Gasteiger partial charge in [-0.05, 0) is 31.9 Å². The Morgan fingerprint density at radius 2 is 2.06 bits per heavy atom. The van der Waals surface area contributed by atoms with E-state index in [2.05, 4.69) is 29.5 Å². The third-order valence-electron chi connectivity index (χ3n) is 2.72. The van der Waals surface area contributed by atoms with Gasteiger partial charge in [0.15, 0.2) is 0 Å². The van der Waals surface area contributed by atoms with Crippen LogP contribution in [-0.2, 0) is 0 Å². The van der Waals surface area contributed by atoms with Gasteiger partial charge in [-0.2, -0.15) is 0 Å². The molecule has 4 nitrogen and oxygen atoms in total. The first-order valence-corrected chi connectivity index (χ1v) is 6.22. The Bertz CT molecular complexity index is 361. The number of anilines is 1. The number of hydrogen-bond acceptors (Lipinski definition) is 3. The van der Waals surface area contributed by atoms with E-state index < -0.39 is 0 Å². The number of carbonyl (C=O) groups is 1.